The summed E-state index contributed by atoms with van der Waals surface area (Å²) in [5, 5.41) is 8.52. The molecule has 0 aliphatic heterocycles. The van der Waals surface area contributed by atoms with Crippen molar-refractivity contribution in [2.45, 2.75) is 39.7 Å². The van der Waals surface area contributed by atoms with Crippen LogP contribution in [-0.2, 0) is 6.42 Å². The zero-order valence-electron chi connectivity index (χ0n) is 10.8. The highest BCUT2D eigenvalue weighted by molar-refractivity contribution is 5.43. The second kappa shape index (κ2) is 6.27. The quantitative estimate of drug-likeness (QED) is 0.848. The highest BCUT2D eigenvalue weighted by Crippen LogP contribution is 2.25. The van der Waals surface area contributed by atoms with E-state index >= 15 is 0 Å². The van der Waals surface area contributed by atoms with Crippen molar-refractivity contribution in [3.8, 4) is 11.8 Å². The first-order valence-electron chi connectivity index (χ1n) is 5.94. The van der Waals surface area contributed by atoms with Gasteiger partial charge in [-0.1, -0.05) is 19.1 Å². The molecule has 3 nitrogen and oxygen atoms in total. The van der Waals surface area contributed by atoms with Crippen molar-refractivity contribution in [3.63, 3.8) is 0 Å². The molecule has 0 radical (unpaired) electrons. The van der Waals surface area contributed by atoms with Crippen LogP contribution in [0.4, 0.5) is 0 Å². The lowest BCUT2D eigenvalue weighted by molar-refractivity contribution is 0.362. The van der Waals surface area contributed by atoms with Gasteiger partial charge in [0.05, 0.1) is 0 Å². The first-order chi connectivity index (χ1) is 8.08. The van der Waals surface area contributed by atoms with Crippen LogP contribution in [0.1, 0.15) is 30.0 Å². The number of nitriles is 1. The fraction of sp³-hybridized carbons (Fsp3) is 0.500. The standard InChI is InChI=1S/C14H20N2O/c1-4-13(16)9-12-7-10(2)14(11(3)8-12)17-6-5-15/h7-8,13H,4,6,9,16H2,1-3H3. The summed E-state index contributed by atoms with van der Waals surface area (Å²) < 4.78 is 5.41. The molecule has 2 N–H and O–H groups in total. The summed E-state index contributed by atoms with van der Waals surface area (Å²) in [6.45, 7) is 6.19. The Hall–Kier alpha value is -1.53. The van der Waals surface area contributed by atoms with Crippen LogP contribution >= 0.6 is 0 Å². The van der Waals surface area contributed by atoms with E-state index in [2.05, 4.69) is 19.1 Å². The molecule has 1 unspecified atom stereocenters. The van der Waals surface area contributed by atoms with Gasteiger partial charge in [-0.2, -0.15) is 5.26 Å². The van der Waals surface area contributed by atoms with Crippen LogP contribution in [0, 0.1) is 25.2 Å². The van der Waals surface area contributed by atoms with Gasteiger partial charge in [0.1, 0.15) is 11.8 Å². The first kappa shape index (κ1) is 13.5. The molecule has 1 aromatic rings. The van der Waals surface area contributed by atoms with Gasteiger partial charge < -0.3 is 10.5 Å². The van der Waals surface area contributed by atoms with Gasteiger partial charge in [-0.05, 0) is 43.4 Å². The summed E-state index contributed by atoms with van der Waals surface area (Å²) in [6, 6.07) is 6.38. The van der Waals surface area contributed by atoms with Gasteiger partial charge in [-0.15, -0.1) is 0 Å². The Balaban J connectivity index is 2.89. The molecule has 0 aromatic heterocycles. The Kier molecular flexibility index (Phi) is 4.99. The van der Waals surface area contributed by atoms with Crippen molar-refractivity contribution in [2.75, 3.05) is 6.61 Å². The van der Waals surface area contributed by atoms with E-state index in [9.17, 15) is 0 Å². The highest BCUT2D eigenvalue weighted by atomic mass is 16.5. The van der Waals surface area contributed by atoms with Crippen LogP contribution in [-0.4, -0.2) is 12.6 Å². The van der Waals surface area contributed by atoms with Crippen LogP contribution in [0.5, 0.6) is 5.75 Å². The molecule has 92 valence electrons. The van der Waals surface area contributed by atoms with Crippen LogP contribution in [0.3, 0.4) is 0 Å². The van der Waals surface area contributed by atoms with Crippen molar-refractivity contribution in [2.24, 2.45) is 5.73 Å². The van der Waals surface area contributed by atoms with Crippen molar-refractivity contribution >= 4 is 0 Å². The molecule has 0 amide bonds. The Morgan fingerprint density at radius 2 is 1.94 bits per heavy atom. The van der Waals surface area contributed by atoms with Gasteiger partial charge in [0.25, 0.3) is 0 Å². The van der Waals surface area contributed by atoms with Crippen molar-refractivity contribution in [1.29, 1.82) is 5.26 Å². The molecule has 0 saturated heterocycles. The zero-order valence-corrected chi connectivity index (χ0v) is 10.8. The van der Waals surface area contributed by atoms with Gasteiger partial charge >= 0.3 is 0 Å². The molecule has 0 saturated carbocycles. The third-order valence-corrected chi connectivity index (χ3v) is 2.82. The van der Waals surface area contributed by atoms with E-state index in [1.54, 1.807) is 0 Å². The molecule has 1 rings (SSSR count). The molecule has 0 spiro atoms. The number of rotatable bonds is 5. The van der Waals surface area contributed by atoms with Crippen molar-refractivity contribution in [1.82, 2.24) is 0 Å². The fourth-order valence-corrected chi connectivity index (χ4v) is 1.94. The molecular formula is C14H20N2O. The summed E-state index contributed by atoms with van der Waals surface area (Å²) >= 11 is 0. The van der Waals surface area contributed by atoms with E-state index in [0.29, 0.717) is 0 Å². The molecule has 0 heterocycles. The molecule has 1 atom stereocenters. The minimum absolute atomic E-state index is 0.0928. The number of nitrogens with two attached hydrogens (primary N) is 1. The Labute approximate surface area is 103 Å². The van der Waals surface area contributed by atoms with Gasteiger partial charge in [0.2, 0.25) is 0 Å². The second-order valence-corrected chi connectivity index (χ2v) is 4.38. The third-order valence-electron chi connectivity index (χ3n) is 2.82. The molecule has 1 aromatic carbocycles. The maximum atomic E-state index is 8.52. The summed E-state index contributed by atoms with van der Waals surface area (Å²) in [6.07, 6.45) is 1.86. The SMILES string of the molecule is CCC(N)Cc1cc(C)c(OCC#N)c(C)c1. The van der Waals surface area contributed by atoms with Crippen LogP contribution in [0.2, 0.25) is 0 Å². The molecule has 0 fully saturated rings. The predicted octanol–water partition coefficient (Wildman–Crippen LogP) is 2.49. The summed E-state index contributed by atoms with van der Waals surface area (Å²) in [4.78, 5) is 0. The maximum Gasteiger partial charge on any atom is 0.174 e. The Bertz CT molecular complexity index is 398. The number of nitrogens with zero attached hydrogens (tertiary/aromatic N) is 1. The van der Waals surface area contributed by atoms with Gasteiger partial charge in [0.15, 0.2) is 6.61 Å². The summed E-state index contributed by atoms with van der Waals surface area (Å²) in [7, 11) is 0. The third kappa shape index (κ3) is 3.76. The van der Waals surface area contributed by atoms with Crippen LogP contribution < -0.4 is 10.5 Å². The highest BCUT2D eigenvalue weighted by Gasteiger charge is 2.08. The average Bonchev–Trinajstić information content (AvgIpc) is 2.28. The Morgan fingerprint density at radius 3 is 2.41 bits per heavy atom. The zero-order chi connectivity index (χ0) is 12.8. The summed E-state index contributed by atoms with van der Waals surface area (Å²) in [5.41, 5.74) is 9.32. The number of benzene rings is 1. The normalized spacial score (nSPS) is 11.9. The predicted molar refractivity (Wildman–Crippen MR) is 69.0 cm³/mol. The van der Waals surface area contributed by atoms with Crippen LogP contribution in [0.25, 0.3) is 0 Å². The lowest BCUT2D eigenvalue weighted by atomic mass is 9.99. The smallest absolute Gasteiger partial charge is 0.174 e. The Morgan fingerprint density at radius 1 is 1.35 bits per heavy atom. The monoisotopic (exact) mass is 232 g/mol. The van der Waals surface area contributed by atoms with Gasteiger partial charge in [-0.3, -0.25) is 0 Å². The van der Waals surface area contributed by atoms with Gasteiger partial charge in [-0.25, -0.2) is 0 Å². The molecule has 0 aliphatic rings. The number of hydrogen-bond acceptors (Lipinski definition) is 3. The van der Waals surface area contributed by atoms with Gasteiger partial charge in [0, 0.05) is 6.04 Å². The molecule has 3 heteroatoms. The minimum atomic E-state index is 0.0928. The minimum Gasteiger partial charge on any atom is -0.478 e. The second-order valence-electron chi connectivity index (χ2n) is 4.38. The largest absolute Gasteiger partial charge is 0.478 e. The topological polar surface area (TPSA) is 59.0 Å². The molecular weight excluding hydrogens is 212 g/mol. The lowest BCUT2D eigenvalue weighted by Crippen LogP contribution is -2.21. The first-order valence-corrected chi connectivity index (χ1v) is 5.94. The summed E-state index contributed by atoms with van der Waals surface area (Å²) in [5.74, 6) is 0.820. The van der Waals surface area contributed by atoms with Crippen molar-refractivity contribution in [3.05, 3.63) is 28.8 Å². The fourth-order valence-electron chi connectivity index (χ4n) is 1.94. The van der Waals surface area contributed by atoms with E-state index in [1.807, 2.05) is 19.9 Å². The lowest BCUT2D eigenvalue weighted by Gasteiger charge is -2.14. The van der Waals surface area contributed by atoms with Crippen molar-refractivity contribution < 1.29 is 4.74 Å². The van der Waals surface area contributed by atoms with E-state index < -0.39 is 0 Å². The van der Waals surface area contributed by atoms with Crippen LogP contribution in [0.15, 0.2) is 12.1 Å². The molecule has 0 bridgehead atoms. The molecule has 0 aliphatic carbocycles. The average molecular weight is 232 g/mol. The molecule has 17 heavy (non-hydrogen) atoms. The number of aryl methyl sites for hydroxylation is 2. The van der Waals surface area contributed by atoms with E-state index in [0.717, 1.165) is 29.7 Å². The van der Waals surface area contributed by atoms with E-state index in [-0.39, 0.29) is 12.6 Å². The number of ether oxygens (including phenoxy) is 1. The maximum absolute atomic E-state index is 8.52. The van der Waals surface area contributed by atoms with E-state index in [1.165, 1.54) is 5.56 Å². The number of hydrogen-bond donors (Lipinski definition) is 1. The van der Waals surface area contributed by atoms with E-state index in [4.69, 9.17) is 15.7 Å².